The summed E-state index contributed by atoms with van der Waals surface area (Å²) in [5.74, 6) is -1.36. The number of fused-ring (bicyclic) bond motifs is 2. The van der Waals surface area contributed by atoms with Crippen molar-refractivity contribution in [1.29, 1.82) is 0 Å². The highest BCUT2D eigenvalue weighted by molar-refractivity contribution is 9.10. The maximum atomic E-state index is 15.2. The van der Waals surface area contributed by atoms with Crippen LogP contribution in [0.2, 0.25) is 0 Å². The van der Waals surface area contributed by atoms with Gasteiger partial charge < -0.3 is 19.6 Å². The Morgan fingerprint density at radius 2 is 1.74 bits per heavy atom. The van der Waals surface area contributed by atoms with Gasteiger partial charge in [0.25, 0.3) is 5.56 Å². The summed E-state index contributed by atoms with van der Waals surface area (Å²) in [5.41, 5.74) is -3.57. The van der Waals surface area contributed by atoms with E-state index in [1.807, 2.05) is 6.07 Å². The third kappa shape index (κ3) is 7.50. The van der Waals surface area contributed by atoms with Gasteiger partial charge in [-0.25, -0.2) is 9.18 Å². The number of carboxylic acids is 1. The van der Waals surface area contributed by atoms with Crippen molar-refractivity contribution in [3.63, 3.8) is 0 Å². The first-order chi connectivity index (χ1) is 23.9. The second kappa shape index (κ2) is 14.7. The predicted molar refractivity (Wildman–Crippen MR) is 177 cm³/mol. The van der Waals surface area contributed by atoms with Gasteiger partial charge in [0.1, 0.15) is 17.2 Å². The summed E-state index contributed by atoms with van der Waals surface area (Å²) in [5, 5.41) is 12.4. The first-order valence-electron chi connectivity index (χ1n) is 16.2. The van der Waals surface area contributed by atoms with Crippen molar-refractivity contribution in [2.24, 2.45) is 0 Å². The molecule has 4 heterocycles. The molecule has 0 amide bonds. The van der Waals surface area contributed by atoms with E-state index in [2.05, 4.69) is 26.1 Å². The van der Waals surface area contributed by atoms with E-state index in [1.165, 1.54) is 0 Å². The Kier molecular flexibility index (Phi) is 10.5. The Bertz CT molecular complexity index is 1970. The third-order valence-corrected chi connectivity index (χ3v) is 9.84. The SMILES string of the molecule is O=C(O)CCCNC(Cn1c(=O)c2c(n(Cc3c(F)cccc3C(F)(F)F)c1=O)COC21CCN(Cc2ccc(Br)o2)CC1)c1ccccc1. The average molecular weight is 764 g/mol. The number of furan rings is 1. The molecule has 1 atom stereocenters. The first-order valence-corrected chi connectivity index (χ1v) is 17.0. The van der Waals surface area contributed by atoms with E-state index >= 15 is 4.39 Å². The highest BCUT2D eigenvalue weighted by Crippen LogP contribution is 2.43. The van der Waals surface area contributed by atoms with Gasteiger partial charge in [-0.3, -0.25) is 23.6 Å². The number of carboxylic acid groups (broad SMARTS) is 1. The minimum atomic E-state index is -4.90. The van der Waals surface area contributed by atoms with E-state index < -0.39 is 58.5 Å². The molecule has 2 aliphatic heterocycles. The maximum absolute atomic E-state index is 15.2. The van der Waals surface area contributed by atoms with Crippen LogP contribution in [0.5, 0.6) is 0 Å². The van der Waals surface area contributed by atoms with Crippen LogP contribution in [0.25, 0.3) is 0 Å². The molecular weight excluding hydrogens is 728 g/mol. The molecule has 266 valence electrons. The zero-order chi connectivity index (χ0) is 35.6. The van der Waals surface area contributed by atoms with Crippen molar-refractivity contribution in [3.05, 3.63) is 126 Å². The molecule has 0 radical (unpaired) electrons. The quantitative estimate of drug-likeness (QED) is 0.138. The van der Waals surface area contributed by atoms with Crippen LogP contribution in [-0.4, -0.2) is 44.7 Å². The van der Waals surface area contributed by atoms with Gasteiger partial charge in [0.15, 0.2) is 4.67 Å². The standard InChI is InChI=1S/C35H35BrF4N4O6/c36-29-12-11-23(50-29)18-42-16-13-34(14-17-42)31-28(21-49-34)43(19-24-25(35(38,39)40)8-4-9-26(24)37)33(48)44(32(31)47)20-27(22-6-2-1-3-7-22)41-15-5-10-30(45)46/h1-4,6-9,11-12,27,41H,5,10,13-21H2,(H,45,46). The topological polar surface area (TPSA) is 119 Å². The fourth-order valence-corrected chi connectivity index (χ4v) is 7.23. The van der Waals surface area contributed by atoms with E-state index in [-0.39, 0.29) is 43.8 Å². The fourth-order valence-electron chi connectivity index (χ4n) is 6.89. The number of nitrogens with zero attached hydrogens (tertiary/aromatic N) is 3. The lowest BCUT2D eigenvalue weighted by atomic mass is 9.85. The van der Waals surface area contributed by atoms with Crippen molar-refractivity contribution in [2.45, 2.75) is 69.7 Å². The molecule has 4 aromatic rings. The second-order valence-electron chi connectivity index (χ2n) is 12.5. The molecule has 1 saturated heterocycles. The van der Waals surface area contributed by atoms with Gasteiger partial charge >= 0.3 is 17.8 Å². The van der Waals surface area contributed by atoms with Crippen LogP contribution in [0, 0.1) is 5.82 Å². The van der Waals surface area contributed by atoms with E-state index in [1.54, 1.807) is 36.4 Å². The van der Waals surface area contributed by atoms with Crippen LogP contribution in [-0.2, 0) is 47.5 Å². The number of halogens is 5. The van der Waals surface area contributed by atoms with Gasteiger partial charge in [-0.1, -0.05) is 36.4 Å². The molecule has 0 aliphatic carbocycles. The zero-order valence-corrected chi connectivity index (χ0v) is 28.4. The monoisotopic (exact) mass is 762 g/mol. The van der Waals surface area contributed by atoms with Crippen LogP contribution in [0.3, 0.4) is 0 Å². The summed E-state index contributed by atoms with van der Waals surface area (Å²) in [4.78, 5) is 42.0. The number of carbonyl (C=O) groups is 1. The largest absolute Gasteiger partial charge is 0.481 e. The highest BCUT2D eigenvalue weighted by Gasteiger charge is 2.47. The normalized spacial score (nSPS) is 16.5. The Balaban J connectivity index is 1.42. The van der Waals surface area contributed by atoms with Crippen molar-refractivity contribution in [3.8, 4) is 0 Å². The second-order valence-corrected chi connectivity index (χ2v) is 13.3. The molecule has 2 N–H and O–H groups in total. The minimum Gasteiger partial charge on any atom is -0.481 e. The number of ether oxygens (including phenoxy) is 1. The minimum absolute atomic E-state index is 0.0988. The Morgan fingerprint density at radius 1 is 1.00 bits per heavy atom. The van der Waals surface area contributed by atoms with E-state index in [4.69, 9.17) is 14.3 Å². The number of alkyl halides is 3. The van der Waals surface area contributed by atoms with Crippen LogP contribution in [0.1, 0.15) is 65.4 Å². The van der Waals surface area contributed by atoms with Crippen LogP contribution in [0.15, 0.2) is 79.3 Å². The summed E-state index contributed by atoms with van der Waals surface area (Å²) in [6, 6.07) is 14.6. The molecular formula is C35H35BrF4N4O6. The summed E-state index contributed by atoms with van der Waals surface area (Å²) in [6.07, 6.45) is -4.00. The van der Waals surface area contributed by atoms with Crippen LogP contribution >= 0.6 is 15.9 Å². The van der Waals surface area contributed by atoms with Gasteiger partial charge in [0.2, 0.25) is 0 Å². The maximum Gasteiger partial charge on any atom is 0.416 e. The molecule has 15 heteroatoms. The Labute approximate surface area is 292 Å². The molecule has 1 unspecified atom stereocenters. The van der Waals surface area contributed by atoms with Gasteiger partial charge in [-0.2, -0.15) is 13.2 Å². The van der Waals surface area contributed by atoms with Gasteiger partial charge in [-0.05, 0) is 71.6 Å². The fraction of sp³-hybridized carbons (Fsp3) is 0.400. The van der Waals surface area contributed by atoms with Gasteiger partial charge in [-0.15, -0.1) is 0 Å². The molecule has 2 aliphatic rings. The molecule has 50 heavy (non-hydrogen) atoms. The Morgan fingerprint density at radius 3 is 2.40 bits per heavy atom. The zero-order valence-electron chi connectivity index (χ0n) is 26.8. The van der Waals surface area contributed by atoms with Crippen molar-refractivity contribution < 1.29 is 36.6 Å². The Hall–Kier alpha value is -4.05. The molecule has 0 saturated carbocycles. The van der Waals surface area contributed by atoms with Gasteiger partial charge in [0.05, 0.1) is 49.1 Å². The van der Waals surface area contributed by atoms with Crippen molar-refractivity contribution in [2.75, 3.05) is 19.6 Å². The van der Waals surface area contributed by atoms with Crippen molar-refractivity contribution >= 4 is 21.9 Å². The molecule has 10 nitrogen and oxygen atoms in total. The third-order valence-electron chi connectivity index (χ3n) is 9.41. The van der Waals surface area contributed by atoms with Gasteiger partial charge in [0, 0.05) is 25.1 Å². The highest BCUT2D eigenvalue weighted by atomic mass is 79.9. The number of aromatic nitrogens is 2. The average Bonchev–Trinajstić information content (AvgIpc) is 3.66. The summed E-state index contributed by atoms with van der Waals surface area (Å²) < 4.78 is 72.1. The number of aliphatic carboxylic acids is 1. The van der Waals surface area contributed by atoms with E-state index in [0.29, 0.717) is 42.7 Å². The number of hydrogen-bond donors (Lipinski definition) is 2. The predicted octanol–water partition coefficient (Wildman–Crippen LogP) is 5.79. The molecule has 6 rings (SSSR count). The van der Waals surface area contributed by atoms with Crippen LogP contribution < -0.4 is 16.6 Å². The molecule has 2 aromatic heterocycles. The summed E-state index contributed by atoms with van der Waals surface area (Å²) >= 11 is 3.31. The first kappa shape index (κ1) is 35.8. The number of hydrogen-bond acceptors (Lipinski definition) is 7. The summed E-state index contributed by atoms with van der Waals surface area (Å²) in [7, 11) is 0. The summed E-state index contributed by atoms with van der Waals surface area (Å²) in [6.45, 7) is 0.554. The number of benzene rings is 2. The molecule has 2 aromatic carbocycles. The van der Waals surface area contributed by atoms with E-state index in [0.717, 1.165) is 33.1 Å². The molecule has 0 bridgehead atoms. The van der Waals surface area contributed by atoms with Crippen LogP contribution in [0.4, 0.5) is 17.6 Å². The lowest BCUT2D eigenvalue weighted by molar-refractivity contribution is -0.138. The smallest absolute Gasteiger partial charge is 0.416 e. The number of piperidine rings is 1. The molecule has 1 spiro atoms. The number of rotatable bonds is 12. The lowest BCUT2D eigenvalue weighted by Crippen LogP contribution is -2.50. The van der Waals surface area contributed by atoms with E-state index in [9.17, 15) is 27.6 Å². The molecule has 1 fully saturated rings. The van der Waals surface area contributed by atoms with Crippen molar-refractivity contribution in [1.82, 2.24) is 19.4 Å². The number of likely N-dealkylation sites (tertiary alicyclic amines) is 1. The number of nitrogens with one attached hydrogen (secondary N) is 1. The lowest BCUT2D eigenvalue weighted by Gasteiger charge is -2.38.